The zero-order valence-corrected chi connectivity index (χ0v) is 14.6. The molecule has 1 fully saturated rings. The molecule has 5 nitrogen and oxygen atoms in total. The Hall–Kier alpha value is -2.69. The Bertz CT molecular complexity index is 898. The molecule has 4 rings (SSSR count). The Morgan fingerprint density at radius 1 is 1.28 bits per heavy atom. The van der Waals surface area contributed by atoms with Gasteiger partial charge in [0.05, 0.1) is 17.1 Å². The molecule has 1 aliphatic rings. The molecule has 0 radical (unpaired) electrons. The van der Waals surface area contributed by atoms with Gasteiger partial charge in [-0.3, -0.25) is 4.79 Å². The summed E-state index contributed by atoms with van der Waals surface area (Å²) in [4.78, 5) is 27.5. The molecule has 3 aromatic rings. The second-order valence-electron chi connectivity index (χ2n) is 6.62. The number of fused-ring (bicyclic) bond motifs is 1. The van der Waals surface area contributed by atoms with Crippen molar-refractivity contribution in [2.24, 2.45) is 0 Å². The van der Waals surface area contributed by atoms with Gasteiger partial charge in [0.2, 0.25) is 0 Å². The first-order valence-electron chi connectivity index (χ1n) is 8.90. The highest BCUT2D eigenvalue weighted by molar-refractivity contribution is 6.04. The van der Waals surface area contributed by atoms with Gasteiger partial charge in [-0.15, -0.1) is 0 Å². The SMILES string of the molecule is CCc1nc2nccc(C(=O)N(C3CC3)C(C)c3ccccc3)c2[nH]1. The zero-order valence-electron chi connectivity index (χ0n) is 14.6. The van der Waals surface area contributed by atoms with Crippen LogP contribution in [0.3, 0.4) is 0 Å². The lowest BCUT2D eigenvalue weighted by molar-refractivity contribution is 0.0676. The minimum Gasteiger partial charge on any atom is -0.340 e. The Morgan fingerprint density at radius 2 is 2.04 bits per heavy atom. The van der Waals surface area contributed by atoms with Gasteiger partial charge in [0, 0.05) is 18.7 Å². The van der Waals surface area contributed by atoms with E-state index in [4.69, 9.17) is 0 Å². The van der Waals surface area contributed by atoms with Crippen molar-refractivity contribution < 1.29 is 4.79 Å². The van der Waals surface area contributed by atoms with Crippen LogP contribution in [0.2, 0.25) is 0 Å². The second-order valence-corrected chi connectivity index (χ2v) is 6.62. The Balaban J connectivity index is 1.74. The van der Waals surface area contributed by atoms with Gasteiger partial charge < -0.3 is 9.88 Å². The lowest BCUT2D eigenvalue weighted by atomic mass is 10.1. The van der Waals surface area contributed by atoms with Crippen LogP contribution in [0.4, 0.5) is 0 Å². The van der Waals surface area contributed by atoms with Gasteiger partial charge in [-0.25, -0.2) is 9.97 Å². The summed E-state index contributed by atoms with van der Waals surface area (Å²) >= 11 is 0. The molecule has 0 aliphatic heterocycles. The van der Waals surface area contributed by atoms with Crippen LogP contribution in [0.25, 0.3) is 11.2 Å². The predicted octanol–water partition coefficient (Wildman–Crippen LogP) is 3.89. The first-order chi connectivity index (χ1) is 12.2. The lowest BCUT2D eigenvalue weighted by Crippen LogP contribution is -2.35. The summed E-state index contributed by atoms with van der Waals surface area (Å²) in [5.41, 5.74) is 3.18. The number of aromatic amines is 1. The molecule has 2 aromatic heterocycles. The molecule has 0 bridgehead atoms. The van der Waals surface area contributed by atoms with Crippen molar-refractivity contribution in [2.75, 3.05) is 0 Å². The maximum Gasteiger partial charge on any atom is 0.256 e. The number of H-pyrrole nitrogens is 1. The maximum atomic E-state index is 13.4. The van der Waals surface area contributed by atoms with E-state index >= 15 is 0 Å². The fourth-order valence-electron chi connectivity index (χ4n) is 3.35. The highest BCUT2D eigenvalue weighted by Gasteiger charge is 2.37. The number of nitrogens with one attached hydrogen (secondary N) is 1. The van der Waals surface area contributed by atoms with E-state index in [0.29, 0.717) is 17.3 Å². The van der Waals surface area contributed by atoms with Gasteiger partial charge >= 0.3 is 0 Å². The predicted molar refractivity (Wildman–Crippen MR) is 97.3 cm³/mol. The number of hydrogen-bond donors (Lipinski definition) is 1. The molecule has 1 amide bonds. The highest BCUT2D eigenvalue weighted by Crippen LogP contribution is 2.36. The molecule has 1 atom stereocenters. The first kappa shape index (κ1) is 15.8. The van der Waals surface area contributed by atoms with E-state index in [9.17, 15) is 4.79 Å². The third-order valence-corrected chi connectivity index (χ3v) is 4.88. The van der Waals surface area contributed by atoms with E-state index in [1.54, 1.807) is 12.3 Å². The molecule has 1 N–H and O–H groups in total. The van der Waals surface area contributed by atoms with E-state index in [2.05, 4.69) is 34.0 Å². The molecule has 128 valence electrons. The molecule has 1 saturated carbocycles. The van der Waals surface area contributed by atoms with Crippen molar-refractivity contribution in [1.82, 2.24) is 19.9 Å². The topological polar surface area (TPSA) is 61.9 Å². The molecule has 1 unspecified atom stereocenters. The molecule has 2 heterocycles. The van der Waals surface area contributed by atoms with Crippen molar-refractivity contribution in [2.45, 2.75) is 45.2 Å². The summed E-state index contributed by atoms with van der Waals surface area (Å²) in [6.45, 7) is 4.14. The number of amides is 1. The van der Waals surface area contributed by atoms with Gasteiger partial charge in [-0.05, 0) is 31.4 Å². The highest BCUT2D eigenvalue weighted by atomic mass is 16.2. The largest absolute Gasteiger partial charge is 0.340 e. The number of carbonyl (C=O) groups excluding carboxylic acids is 1. The van der Waals surface area contributed by atoms with Gasteiger partial charge in [0.25, 0.3) is 5.91 Å². The van der Waals surface area contributed by atoms with Crippen molar-refractivity contribution in [3.8, 4) is 0 Å². The van der Waals surface area contributed by atoms with Crippen LogP contribution < -0.4 is 0 Å². The van der Waals surface area contributed by atoms with Crippen molar-refractivity contribution in [1.29, 1.82) is 0 Å². The average Bonchev–Trinajstić information content (AvgIpc) is 3.38. The summed E-state index contributed by atoms with van der Waals surface area (Å²) in [6.07, 6.45) is 4.60. The fraction of sp³-hybridized carbons (Fsp3) is 0.350. The Labute approximate surface area is 147 Å². The quantitative estimate of drug-likeness (QED) is 0.770. The molecule has 1 aromatic carbocycles. The summed E-state index contributed by atoms with van der Waals surface area (Å²) in [6, 6.07) is 12.4. The lowest BCUT2D eigenvalue weighted by Gasteiger charge is -2.30. The van der Waals surface area contributed by atoms with E-state index in [0.717, 1.165) is 36.2 Å². The smallest absolute Gasteiger partial charge is 0.256 e. The van der Waals surface area contributed by atoms with Crippen LogP contribution in [0, 0.1) is 0 Å². The third-order valence-electron chi connectivity index (χ3n) is 4.88. The van der Waals surface area contributed by atoms with Gasteiger partial charge in [-0.1, -0.05) is 37.3 Å². The number of carbonyl (C=O) groups is 1. The Kier molecular flexibility index (Phi) is 3.99. The van der Waals surface area contributed by atoms with Crippen LogP contribution in [-0.2, 0) is 6.42 Å². The maximum absolute atomic E-state index is 13.4. The minimum atomic E-state index is 0.0398. The summed E-state index contributed by atoms with van der Waals surface area (Å²) in [7, 11) is 0. The number of hydrogen-bond acceptors (Lipinski definition) is 3. The summed E-state index contributed by atoms with van der Waals surface area (Å²) in [5, 5.41) is 0. The van der Waals surface area contributed by atoms with Crippen LogP contribution in [0.5, 0.6) is 0 Å². The van der Waals surface area contributed by atoms with Gasteiger partial charge in [0.15, 0.2) is 5.65 Å². The number of aryl methyl sites for hydroxylation is 1. The van der Waals surface area contributed by atoms with Crippen LogP contribution in [0.15, 0.2) is 42.6 Å². The Morgan fingerprint density at radius 3 is 2.72 bits per heavy atom. The zero-order chi connectivity index (χ0) is 17.4. The number of benzene rings is 1. The van der Waals surface area contributed by atoms with E-state index in [-0.39, 0.29) is 11.9 Å². The van der Waals surface area contributed by atoms with Gasteiger partial charge in [0.1, 0.15) is 5.82 Å². The molecule has 5 heteroatoms. The molecule has 25 heavy (non-hydrogen) atoms. The minimum absolute atomic E-state index is 0.0398. The van der Waals surface area contributed by atoms with E-state index in [1.165, 1.54) is 0 Å². The van der Waals surface area contributed by atoms with Crippen molar-refractivity contribution in [3.63, 3.8) is 0 Å². The van der Waals surface area contributed by atoms with Crippen LogP contribution in [0.1, 0.15) is 54.5 Å². The van der Waals surface area contributed by atoms with Crippen LogP contribution >= 0.6 is 0 Å². The third kappa shape index (κ3) is 2.90. The summed E-state index contributed by atoms with van der Waals surface area (Å²) < 4.78 is 0. The standard InChI is InChI=1S/C20H22N4O/c1-3-17-22-18-16(11-12-21-19(18)23-17)20(25)24(15-9-10-15)13(2)14-7-5-4-6-8-14/h4-8,11-13,15H,3,9-10H2,1-2H3,(H,21,22,23). The molecule has 0 saturated heterocycles. The average molecular weight is 334 g/mol. The van der Waals surface area contributed by atoms with Crippen molar-refractivity contribution >= 4 is 17.1 Å². The number of imidazole rings is 1. The number of nitrogens with zero attached hydrogens (tertiary/aromatic N) is 3. The number of pyridine rings is 1. The van der Waals surface area contributed by atoms with Crippen molar-refractivity contribution in [3.05, 3.63) is 59.5 Å². The second kappa shape index (κ2) is 6.31. The first-order valence-corrected chi connectivity index (χ1v) is 8.90. The molecule has 1 aliphatic carbocycles. The molecule has 0 spiro atoms. The summed E-state index contributed by atoms with van der Waals surface area (Å²) in [5.74, 6) is 0.911. The molecular weight excluding hydrogens is 312 g/mol. The van der Waals surface area contributed by atoms with E-state index in [1.807, 2.05) is 30.0 Å². The van der Waals surface area contributed by atoms with Crippen LogP contribution in [-0.4, -0.2) is 31.8 Å². The normalized spacial score (nSPS) is 15.3. The molecular formula is C20H22N4O. The number of aromatic nitrogens is 3. The fourth-order valence-corrected chi connectivity index (χ4v) is 3.35. The monoisotopic (exact) mass is 334 g/mol. The van der Waals surface area contributed by atoms with Gasteiger partial charge in [-0.2, -0.15) is 0 Å². The number of rotatable bonds is 5. The van der Waals surface area contributed by atoms with E-state index < -0.39 is 0 Å².